The minimum atomic E-state index is 0.791. The number of fused-ring (bicyclic) bond motifs is 3. The van der Waals surface area contributed by atoms with Crippen molar-refractivity contribution < 1.29 is 4.90 Å². The van der Waals surface area contributed by atoms with Gasteiger partial charge in [-0.25, -0.2) is 9.89 Å². The highest BCUT2D eigenvalue weighted by atomic mass is 15.2. The summed E-state index contributed by atoms with van der Waals surface area (Å²) < 4.78 is 0. The SMILES string of the molecule is Nc1ccc2c(c1)NCC1=CN=C[NH+]12. The van der Waals surface area contributed by atoms with Gasteiger partial charge < -0.3 is 11.1 Å². The Kier molecular flexibility index (Phi) is 1.40. The molecule has 0 saturated heterocycles. The zero-order valence-electron chi connectivity index (χ0n) is 7.62. The number of rotatable bonds is 0. The quantitative estimate of drug-likeness (QED) is 0.504. The molecule has 70 valence electrons. The average molecular weight is 187 g/mol. The van der Waals surface area contributed by atoms with E-state index in [9.17, 15) is 0 Å². The van der Waals surface area contributed by atoms with Crippen LogP contribution in [0.3, 0.4) is 0 Å². The number of nitrogen functional groups attached to an aromatic ring is 1. The lowest BCUT2D eigenvalue weighted by molar-refractivity contribution is -0.673. The zero-order valence-corrected chi connectivity index (χ0v) is 7.62. The zero-order chi connectivity index (χ0) is 9.54. The lowest BCUT2D eigenvalue weighted by Crippen LogP contribution is -3.04. The summed E-state index contributed by atoms with van der Waals surface area (Å²) in [6, 6.07) is 5.92. The van der Waals surface area contributed by atoms with E-state index in [4.69, 9.17) is 5.73 Å². The van der Waals surface area contributed by atoms with E-state index in [0.717, 1.165) is 17.9 Å². The normalized spacial score (nSPS) is 22.3. The Morgan fingerprint density at radius 1 is 1.43 bits per heavy atom. The minimum Gasteiger partial charge on any atom is -0.399 e. The van der Waals surface area contributed by atoms with Gasteiger partial charge in [0.1, 0.15) is 0 Å². The monoisotopic (exact) mass is 187 g/mol. The molecule has 0 aromatic heterocycles. The number of hydrogen-bond donors (Lipinski definition) is 3. The number of nitrogens with zero attached hydrogens (tertiary/aromatic N) is 1. The second kappa shape index (κ2) is 2.59. The van der Waals surface area contributed by atoms with Crippen LogP contribution in [0.15, 0.2) is 35.1 Å². The third kappa shape index (κ3) is 0.944. The van der Waals surface area contributed by atoms with E-state index in [1.54, 1.807) is 0 Å². The molecule has 0 saturated carbocycles. The molecule has 1 unspecified atom stereocenters. The molecule has 1 aromatic rings. The summed E-state index contributed by atoms with van der Waals surface area (Å²) in [5.74, 6) is 0. The topological polar surface area (TPSA) is 54.8 Å². The van der Waals surface area contributed by atoms with Crippen LogP contribution in [0.4, 0.5) is 17.1 Å². The van der Waals surface area contributed by atoms with Crippen LogP contribution >= 0.6 is 0 Å². The molecule has 0 spiro atoms. The van der Waals surface area contributed by atoms with Crippen molar-refractivity contribution in [2.45, 2.75) is 0 Å². The maximum Gasteiger partial charge on any atom is 0.198 e. The summed E-state index contributed by atoms with van der Waals surface area (Å²) in [6.07, 6.45) is 3.81. The van der Waals surface area contributed by atoms with Crippen molar-refractivity contribution in [1.29, 1.82) is 0 Å². The fraction of sp³-hybridized carbons (Fsp3) is 0.100. The van der Waals surface area contributed by atoms with E-state index in [0.29, 0.717) is 0 Å². The van der Waals surface area contributed by atoms with Crippen molar-refractivity contribution in [3.63, 3.8) is 0 Å². The number of nitrogens with one attached hydrogen (secondary N) is 2. The summed E-state index contributed by atoms with van der Waals surface area (Å²) in [4.78, 5) is 5.37. The van der Waals surface area contributed by atoms with Crippen LogP contribution in [0.2, 0.25) is 0 Å². The molecule has 4 nitrogen and oxygen atoms in total. The van der Waals surface area contributed by atoms with Gasteiger partial charge in [0.15, 0.2) is 17.7 Å². The van der Waals surface area contributed by atoms with Crippen molar-refractivity contribution in [3.05, 3.63) is 30.1 Å². The molecule has 0 amide bonds. The second-order valence-electron chi connectivity index (χ2n) is 3.50. The highest BCUT2D eigenvalue weighted by molar-refractivity contribution is 5.73. The molecule has 2 heterocycles. The van der Waals surface area contributed by atoms with Gasteiger partial charge in [0.05, 0.1) is 18.4 Å². The van der Waals surface area contributed by atoms with Gasteiger partial charge >= 0.3 is 0 Å². The third-order valence-corrected chi connectivity index (χ3v) is 2.58. The van der Waals surface area contributed by atoms with E-state index in [2.05, 4.69) is 10.3 Å². The molecule has 2 aliphatic rings. The molecule has 2 aliphatic heterocycles. The molecule has 1 aromatic carbocycles. The Hall–Kier alpha value is -1.81. The number of aliphatic imine (C=N–C) groups is 1. The third-order valence-electron chi connectivity index (χ3n) is 2.58. The molecule has 1 atom stereocenters. The molecule has 4 heteroatoms. The summed E-state index contributed by atoms with van der Waals surface area (Å²) in [7, 11) is 0. The summed E-state index contributed by atoms with van der Waals surface area (Å²) >= 11 is 0. The molecule has 0 radical (unpaired) electrons. The van der Waals surface area contributed by atoms with Gasteiger partial charge in [-0.05, 0) is 12.1 Å². The highest BCUT2D eigenvalue weighted by Crippen LogP contribution is 2.24. The number of benzene rings is 1. The lowest BCUT2D eigenvalue weighted by atomic mass is 10.1. The number of nitrogens with two attached hydrogens (primary N) is 1. The summed E-state index contributed by atoms with van der Waals surface area (Å²) in [6.45, 7) is 0.839. The summed E-state index contributed by atoms with van der Waals surface area (Å²) in [5.41, 5.74) is 10.1. The molecule has 3 rings (SSSR count). The van der Waals surface area contributed by atoms with Gasteiger partial charge in [0.2, 0.25) is 0 Å². The summed E-state index contributed by atoms with van der Waals surface area (Å²) in [5, 5.41) is 3.33. The second-order valence-corrected chi connectivity index (χ2v) is 3.50. The standard InChI is InChI=1S/C10H10N4/c11-7-1-2-10-9(3-7)13-5-8-4-12-6-14(8)10/h1-4,6,13H,5,11H2/p+1. The number of hydrogen-bond acceptors (Lipinski definition) is 3. The highest BCUT2D eigenvalue weighted by Gasteiger charge is 2.28. The first-order valence-corrected chi connectivity index (χ1v) is 4.58. The molecule has 4 N–H and O–H groups in total. The first kappa shape index (κ1) is 7.58. The minimum absolute atomic E-state index is 0.791. The van der Waals surface area contributed by atoms with Gasteiger partial charge in [-0.15, -0.1) is 0 Å². The Morgan fingerprint density at radius 3 is 3.29 bits per heavy atom. The van der Waals surface area contributed by atoms with Gasteiger partial charge in [-0.1, -0.05) is 0 Å². The predicted molar refractivity (Wildman–Crippen MR) is 56.5 cm³/mol. The first-order valence-electron chi connectivity index (χ1n) is 4.58. The first-order chi connectivity index (χ1) is 6.84. The van der Waals surface area contributed by atoms with Crippen molar-refractivity contribution in [2.24, 2.45) is 4.99 Å². The number of anilines is 2. The van der Waals surface area contributed by atoms with Crippen molar-refractivity contribution in [2.75, 3.05) is 17.6 Å². The van der Waals surface area contributed by atoms with E-state index in [1.165, 1.54) is 16.3 Å². The van der Waals surface area contributed by atoms with Crippen LogP contribution in [0.5, 0.6) is 0 Å². The van der Waals surface area contributed by atoms with Gasteiger partial charge in [-0.3, -0.25) is 0 Å². The van der Waals surface area contributed by atoms with E-state index >= 15 is 0 Å². The number of quaternary nitrogens is 1. The molecule has 0 aliphatic carbocycles. The fourth-order valence-corrected chi connectivity index (χ4v) is 1.87. The maximum absolute atomic E-state index is 5.72. The van der Waals surface area contributed by atoms with Crippen LogP contribution in [0, 0.1) is 0 Å². The lowest BCUT2D eigenvalue weighted by Gasteiger charge is -2.22. The Balaban J connectivity index is 2.15. The smallest absolute Gasteiger partial charge is 0.198 e. The van der Waals surface area contributed by atoms with Crippen LogP contribution in [0.1, 0.15) is 0 Å². The largest absolute Gasteiger partial charge is 0.399 e. The molecule has 0 fully saturated rings. The van der Waals surface area contributed by atoms with E-state index in [1.807, 2.05) is 30.7 Å². The average Bonchev–Trinajstić information content (AvgIpc) is 2.65. The maximum atomic E-state index is 5.72. The predicted octanol–water partition coefficient (Wildman–Crippen LogP) is 0.0940. The van der Waals surface area contributed by atoms with E-state index < -0.39 is 0 Å². The van der Waals surface area contributed by atoms with Gasteiger partial charge in [0, 0.05) is 11.8 Å². The molecule has 0 bridgehead atoms. The molecule has 14 heavy (non-hydrogen) atoms. The van der Waals surface area contributed by atoms with Crippen molar-refractivity contribution in [3.8, 4) is 0 Å². The molecular formula is C10H11N4+. The van der Waals surface area contributed by atoms with Crippen LogP contribution in [-0.4, -0.2) is 12.9 Å². The van der Waals surface area contributed by atoms with E-state index in [-0.39, 0.29) is 0 Å². The van der Waals surface area contributed by atoms with Crippen molar-refractivity contribution >= 4 is 23.4 Å². The van der Waals surface area contributed by atoms with Crippen molar-refractivity contribution in [1.82, 2.24) is 0 Å². The fourth-order valence-electron chi connectivity index (χ4n) is 1.87. The van der Waals surface area contributed by atoms with Gasteiger partial charge in [-0.2, -0.15) is 0 Å². The Labute approximate surface area is 81.7 Å². The van der Waals surface area contributed by atoms with Crippen LogP contribution < -0.4 is 16.0 Å². The van der Waals surface area contributed by atoms with Crippen LogP contribution in [0.25, 0.3) is 0 Å². The van der Waals surface area contributed by atoms with Gasteiger partial charge in [0.25, 0.3) is 0 Å². The molecular weight excluding hydrogens is 176 g/mol. The Bertz CT molecular complexity index is 447. The Morgan fingerprint density at radius 2 is 2.36 bits per heavy atom. The van der Waals surface area contributed by atoms with Crippen LogP contribution in [-0.2, 0) is 0 Å².